The van der Waals surface area contributed by atoms with E-state index in [4.69, 9.17) is 4.52 Å². The second-order valence-electron chi connectivity index (χ2n) is 4.28. The molecule has 0 aliphatic heterocycles. The number of hydrogen-bond acceptors (Lipinski definition) is 6. The molecule has 1 unspecified atom stereocenters. The maximum atomic E-state index is 12.1. The predicted molar refractivity (Wildman–Crippen MR) is 82.2 cm³/mol. The standard InChI is InChI=1S/C13H12N2O2S3/c1-9-5-11(17-15-9)8-20(16)7-10-6-19-13(14-10)12-3-2-4-18-12/h2-6H,7-8H2,1H3. The van der Waals surface area contributed by atoms with Crippen LogP contribution in [0.4, 0.5) is 0 Å². The predicted octanol–water partition coefficient (Wildman–Crippen LogP) is 3.62. The monoisotopic (exact) mass is 324 g/mol. The molecular formula is C13H12N2O2S3. The van der Waals surface area contributed by atoms with E-state index >= 15 is 0 Å². The molecule has 1 atom stereocenters. The molecule has 104 valence electrons. The van der Waals surface area contributed by atoms with Gasteiger partial charge in [-0.05, 0) is 18.4 Å². The summed E-state index contributed by atoms with van der Waals surface area (Å²) in [7, 11) is -1.03. The molecule has 3 aromatic heterocycles. The van der Waals surface area contributed by atoms with Gasteiger partial charge in [-0.2, -0.15) is 0 Å². The quantitative estimate of drug-likeness (QED) is 0.719. The molecule has 0 amide bonds. The van der Waals surface area contributed by atoms with E-state index in [9.17, 15) is 4.21 Å². The number of aromatic nitrogens is 2. The van der Waals surface area contributed by atoms with Crippen LogP contribution in [-0.4, -0.2) is 14.3 Å². The first-order chi connectivity index (χ1) is 9.70. The summed E-state index contributed by atoms with van der Waals surface area (Å²) in [5, 5.41) is 8.78. The third-order valence-electron chi connectivity index (χ3n) is 2.57. The summed E-state index contributed by atoms with van der Waals surface area (Å²) in [6, 6.07) is 5.86. The van der Waals surface area contributed by atoms with Crippen molar-refractivity contribution >= 4 is 33.5 Å². The number of hydrogen-bond donors (Lipinski definition) is 0. The number of thiazole rings is 1. The lowest BCUT2D eigenvalue weighted by atomic mass is 10.4. The van der Waals surface area contributed by atoms with Gasteiger partial charge in [0.1, 0.15) is 10.8 Å². The van der Waals surface area contributed by atoms with E-state index < -0.39 is 10.8 Å². The first-order valence-electron chi connectivity index (χ1n) is 5.96. The largest absolute Gasteiger partial charge is 0.360 e. The molecule has 0 saturated heterocycles. The lowest BCUT2D eigenvalue weighted by Crippen LogP contribution is -1.99. The van der Waals surface area contributed by atoms with Crippen LogP contribution < -0.4 is 0 Å². The number of aryl methyl sites for hydroxylation is 1. The molecule has 0 bridgehead atoms. The topological polar surface area (TPSA) is 56.0 Å². The average molecular weight is 324 g/mol. The van der Waals surface area contributed by atoms with Crippen molar-refractivity contribution in [3.63, 3.8) is 0 Å². The molecule has 0 aromatic carbocycles. The molecular weight excluding hydrogens is 312 g/mol. The van der Waals surface area contributed by atoms with Crippen LogP contribution in [0.3, 0.4) is 0 Å². The number of nitrogens with zero attached hydrogens (tertiary/aromatic N) is 2. The number of thiophene rings is 1. The van der Waals surface area contributed by atoms with Crippen LogP contribution in [0, 0.1) is 6.92 Å². The second-order valence-corrected chi connectivity index (χ2v) is 7.55. The Morgan fingerprint density at radius 1 is 1.35 bits per heavy atom. The van der Waals surface area contributed by atoms with Gasteiger partial charge >= 0.3 is 0 Å². The van der Waals surface area contributed by atoms with Crippen molar-refractivity contribution < 1.29 is 8.73 Å². The van der Waals surface area contributed by atoms with Gasteiger partial charge in [0.2, 0.25) is 0 Å². The Morgan fingerprint density at radius 3 is 2.95 bits per heavy atom. The van der Waals surface area contributed by atoms with Crippen molar-refractivity contribution in [1.82, 2.24) is 10.1 Å². The fourth-order valence-electron chi connectivity index (χ4n) is 1.75. The van der Waals surface area contributed by atoms with Crippen molar-refractivity contribution in [2.75, 3.05) is 0 Å². The van der Waals surface area contributed by atoms with Gasteiger partial charge in [0.05, 0.1) is 27.8 Å². The Hall–Kier alpha value is -1.31. The van der Waals surface area contributed by atoms with Gasteiger partial charge in [-0.3, -0.25) is 4.21 Å². The molecule has 0 radical (unpaired) electrons. The highest BCUT2D eigenvalue weighted by Crippen LogP contribution is 2.28. The summed E-state index contributed by atoms with van der Waals surface area (Å²) in [6.07, 6.45) is 0. The van der Waals surface area contributed by atoms with Crippen molar-refractivity contribution in [2.45, 2.75) is 18.4 Å². The summed E-state index contributed by atoms with van der Waals surface area (Å²) in [4.78, 5) is 5.68. The zero-order chi connectivity index (χ0) is 13.9. The molecule has 7 heteroatoms. The van der Waals surface area contributed by atoms with Gasteiger partial charge in [0, 0.05) is 22.2 Å². The molecule has 3 rings (SSSR count). The minimum absolute atomic E-state index is 0.382. The van der Waals surface area contributed by atoms with Crippen LogP contribution in [0.25, 0.3) is 9.88 Å². The zero-order valence-electron chi connectivity index (χ0n) is 10.7. The van der Waals surface area contributed by atoms with E-state index in [1.165, 1.54) is 0 Å². The molecule has 0 fully saturated rings. The van der Waals surface area contributed by atoms with Gasteiger partial charge in [-0.15, -0.1) is 22.7 Å². The summed E-state index contributed by atoms with van der Waals surface area (Å²) >= 11 is 3.25. The Kier molecular flexibility index (Phi) is 4.09. The Bertz CT molecular complexity index is 716. The van der Waals surface area contributed by atoms with E-state index in [0.717, 1.165) is 21.3 Å². The Morgan fingerprint density at radius 2 is 2.25 bits per heavy atom. The fourth-order valence-corrected chi connectivity index (χ4v) is 4.52. The summed E-state index contributed by atoms with van der Waals surface area (Å²) < 4.78 is 17.2. The van der Waals surface area contributed by atoms with Crippen LogP contribution in [-0.2, 0) is 22.3 Å². The van der Waals surface area contributed by atoms with E-state index in [2.05, 4.69) is 10.1 Å². The Balaban J connectivity index is 1.64. The van der Waals surface area contributed by atoms with Crippen LogP contribution in [0.2, 0.25) is 0 Å². The van der Waals surface area contributed by atoms with Gasteiger partial charge < -0.3 is 4.52 Å². The summed E-state index contributed by atoms with van der Waals surface area (Å²) in [5.74, 6) is 1.49. The molecule has 3 aromatic rings. The minimum Gasteiger partial charge on any atom is -0.360 e. The summed E-state index contributed by atoms with van der Waals surface area (Å²) in [6.45, 7) is 1.85. The van der Waals surface area contributed by atoms with E-state index in [1.54, 1.807) is 22.7 Å². The van der Waals surface area contributed by atoms with Crippen LogP contribution in [0.15, 0.2) is 33.5 Å². The molecule has 0 N–H and O–H groups in total. The first-order valence-corrected chi connectivity index (χ1v) is 9.21. The highest BCUT2D eigenvalue weighted by Gasteiger charge is 2.11. The van der Waals surface area contributed by atoms with Crippen LogP contribution in [0.5, 0.6) is 0 Å². The van der Waals surface area contributed by atoms with Crippen LogP contribution in [0.1, 0.15) is 17.1 Å². The third-order valence-corrected chi connectivity index (χ3v) is 5.73. The lowest BCUT2D eigenvalue weighted by Gasteiger charge is -1.96. The fraction of sp³-hybridized carbons (Fsp3) is 0.231. The van der Waals surface area contributed by atoms with Crippen molar-refractivity contribution in [3.8, 4) is 9.88 Å². The van der Waals surface area contributed by atoms with E-state index in [-0.39, 0.29) is 0 Å². The molecule has 0 spiro atoms. The smallest absolute Gasteiger partial charge is 0.149 e. The minimum atomic E-state index is -1.03. The highest BCUT2D eigenvalue weighted by atomic mass is 32.2. The Labute approximate surface area is 126 Å². The van der Waals surface area contributed by atoms with Crippen molar-refractivity contribution in [2.24, 2.45) is 0 Å². The normalized spacial score (nSPS) is 12.7. The third kappa shape index (κ3) is 3.23. The second kappa shape index (κ2) is 5.99. The van der Waals surface area contributed by atoms with Gasteiger partial charge in [0.15, 0.2) is 0 Å². The molecule has 0 aliphatic carbocycles. The van der Waals surface area contributed by atoms with E-state index in [1.807, 2.05) is 35.9 Å². The molecule has 0 aliphatic rings. The molecule has 20 heavy (non-hydrogen) atoms. The highest BCUT2D eigenvalue weighted by molar-refractivity contribution is 7.83. The maximum absolute atomic E-state index is 12.1. The van der Waals surface area contributed by atoms with Crippen molar-refractivity contribution in [1.29, 1.82) is 0 Å². The molecule has 0 saturated carbocycles. The van der Waals surface area contributed by atoms with Gasteiger partial charge in [-0.1, -0.05) is 11.2 Å². The SMILES string of the molecule is Cc1cc(CS(=O)Cc2csc(-c3cccs3)n2)on1. The lowest BCUT2D eigenvalue weighted by molar-refractivity contribution is 0.390. The van der Waals surface area contributed by atoms with E-state index in [0.29, 0.717) is 17.3 Å². The van der Waals surface area contributed by atoms with Gasteiger partial charge in [0.25, 0.3) is 0 Å². The molecule has 3 heterocycles. The average Bonchev–Trinajstić information content (AvgIpc) is 3.10. The first kappa shape index (κ1) is 13.7. The van der Waals surface area contributed by atoms with Crippen LogP contribution >= 0.6 is 22.7 Å². The maximum Gasteiger partial charge on any atom is 0.149 e. The number of rotatable bonds is 5. The molecule has 4 nitrogen and oxygen atoms in total. The van der Waals surface area contributed by atoms with Crippen molar-refractivity contribution in [3.05, 3.63) is 46.1 Å². The zero-order valence-corrected chi connectivity index (χ0v) is 13.2. The van der Waals surface area contributed by atoms with Gasteiger partial charge in [-0.25, -0.2) is 4.98 Å². The summed E-state index contributed by atoms with van der Waals surface area (Å²) in [5.41, 5.74) is 1.68.